The first-order valence-electron chi connectivity index (χ1n) is 5.47. The van der Waals surface area contributed by atoms with Crippen LogP contribution in [0.15, 0.2) is 23.4 Å². The van der Waals surface area contributed by atoms with Crippen molar-refractivity contribution in [1.29, 1.82) is 0 Å². The Morgan fingerprint density at radius 3 is 2.94 bits per heavy atom. The molecule has 0 spiro atoms. The zero-order valence-corrected chi connectivity index (χ0v) is 10.2. The van der Waals surface area contributed by atoms with Crippen LogP contribution in [0.2, 0.25) is 0 Å². The summed E-state index contributed by atoms with van der Waals surface area (Å²) in [4.78, 5) is 16.0. The number of hydrogen-bond acceptors (Lipinski definition) is 4. The zero-order valence-electron chi connectivity index (χ0n) is 10.2. The second-order valence-corrected chi connectivity index (χ2v) is 4.04. The predicted octanol–water partition coefficient (Wildman–Crippen LogP) is 1.52. The van der Waals surface area contributed by atoms with Gasteiger partial charge in [-0.1, -0.05) is 0 Å². The Kier molecular flexibility index (Phi) is 3.19. The normalized spacial score (nSPS) is 17.2. The van der Waals surface area contributed by atoms with E-state index >= 15 is 0 Å². The molecule has 1 aromatic rings. The Balaban J connectivity index is 2.28. The number of carbonyl (C=O) groups is 1. The van der Waals surface area contributed by atoms with E-state index in [1.165, 1.54) is 5.01 Å². The summed E-state index contributed by atoms with van der Waals surface area (Å²) in [5.41, 5.74) is 1.78. The third-order valence-electron chi connectivity index (χ3n) is 2.74. The molecule has 90 valence electrons. The maximum atomic E-state index is 11.8. The van der Waals surface area contributed by atoms with Gasteiger partial charge in [-0.05, 0) is 31.5 Å². The number of ether oxygens (including phenoxy) is 1. The first-order chi connectivity index (χ1) is 8.11. The van der Waals surface area contributed by atoms with Crippen LogP contribution in [-0.2, 0) is 9.53 Å². The van der Waals surface area contributed by atoms with Gasteiger partial charge in [0.25, 0.3) is 5.91 Å². The Morgan fingerprint density at radius 1 is 1.53 bits per heavy atom. The highest BCUT2D eigenvalue weighted by atomic mass is 16.5. The number of aromatic nitrogens is 1. The molecule has 0 fully saturated rings. The van der Waals surface area contributed by atoms with Crippen LogP contribution in [-0.4, -0.2) is 29.8 Å². The second kappa shape index (κ2) is 4.63. The van der Waals surface area contributed by atoms with E-state index in [9.17, 15) is 4.79 Å². The third kappa shape index (κ3) is 2.34. The van der Waals surface area contributed by atoms with Crippen LogP contribution in [0.5, 0.6) is 0 Å². The average molecular weight is 233 g/mol. The van der Waals surface area contributed by atoms with E-state index in [1.54, 1.807) is 13.3 Å². The molecule has 2 heterocycles. The number of anilines is 1. The molecule has 5 heteroatoms. The minimum Gasteiger partial charge on any atom is -0.376 e. The van der Waals surface area contributed by atoms with E-state index in [-0.39, 0.29) is 12.0 Å². The maximum Gasteiger partial charge on any atom is 0.254 e. The summed E-state index contributed by atoms with van der Waals surface area (Å²) in [7, 11) is 1.60. The van der Waals surface area contributed by atoms with Gasteiger partial charge in [-0.3, -0.25) is 4.79 Å². The molecule has 0 aromatic carbocycles. The van der Waals surface area contributed by atoms with Crippen LogP contribution in [0.25, 0.3) is 0 Å². The fourth-order valence-electron chi connectivity index (χ4n) is 1.63. The van der Waals surface area contributed by atoms with E-state index in [2.05, 4.69) is 10.1 Å². The molecule has 0 bridgehead atoms. The molecule has 2 rings (SSSR count). The number of hydrogen-bond donors (Lipinski definition) is 0. The van der Waals surface area contributed by atoms with Crippen molar-refractivity contribution < 1.29 is 9.53 Å². The summed E-state index contributed by atoms with van der Waals surface area (Å²) in [6.45, 7) is 3.83. The molecule has 1 unspecified atom stereocenters. The van der Waals surface area contributed by atoms with Crippen molar-refractivity contribution in [2.75, 3.05) is 12.1 Å². The number of hydrazone groups is 1. The summed E-state index contributed by atoms with van der Waals surface area (Å²) < 4.78 is 5.16. The van der Waals surface area contributed by atoms with E-state index in [0.29, 0.717) is 12.2 Å². The fourth-order valence-corrected chi connectivity index (χ4v) is 1.63. The van der Waals surface area contributed by atoms with Gasteiger partial charge in [0.15, 0.2) is 5.82 Å². The molecule has 0 radical (unpaired) electrons. The smallest absolute Gasteiger partial charge is 0.254 e. The predicted molar refractivity (Wildman–Crippen MR) is 65.0 cm³/mol. The molecule has 5 nitrogen and oxygen atoms in total. The van der Waals surface area contributed by atoms with Crippen LogP contribution in [0.1, 0.15) is 18.9 Å². The Labute approximate surface area is 100 Å². The third-order valence-corrected chi connectivity index (χ3v) is 2.74. The SMILES string of the molecule is COC(C)C1=NN(c2cc(C)ccn2)C(=O)C1. The van der Waals surface area contributed by atoms with Crippen molar-refractivity contribution >= 4 is 17.4 Å². The minimum absolute atomic E-state index is 0.0676. The van der Waals surface area contributed by atoms with Crippen molar-refractivity contribution in [2.24, 2.45) is 5.10 Å². The molecule has 1 aliphatic rings. The molecule has 1 amide bonds. The highest BCUT2D eigenvalue weighted by Crippen LogP contribution is 2.20. The number of pyridine rings is 1. The van der Waals surface area contributed by atoms with E-state index in [4.69, 9.17) is 4.74 Å². The Morgan fingerprint density at radius 2 is 2.29 bits per heavy atom. The first kappa shape index (κ1) is 11.7. The van der Waals surface area contributed by atoms with Crippen molar-refractivity contribution in [2.45, 2.75) is 26.4 Å². The average Bonchev–Trinajstić information content (AvgIpc) is 2.70. The fraction of sp³-hybridized carbons (Fsp3) is 0.417. The van der Waals surface area contributed by atoms with Gasteiger partial charge >= 0.3 is 0 Å². The van der Waals surface area contributed by atoms with Gasteiger partial charge in [0.05, 0.1) is 18.2 Å². The summed E-state index contributed by atoms with van der Waals surface area (Å²) in [5, 5.41) is 5.61. The van der Waals surface area contributed by atoms with E-state index in [0.717, 1.165) is 11.3 Å². The molecule has 1 atom stereocenters. The Bertz CT molecular complexity index is 471. The largest absolute Gasteiger partial charge is 0.376 e. The van der Waals surface area contributed by atoms with Gasteiger partial charge in [-0.25, -0.2) is 4.98 Å². The Hall–Kier alpha value is -1.75. The number of aryl methyl sites for hydroxylation is 1. The molecule has 1 aromatic heterocycles. The van der Waals surface area contributed by atoms with Crippen molar-refractivity contribution in [3.8, 4) is 0 Å². The van der Waals surface area contributed by atoms with Gasteiger partial charge in [-0.2, -0.15) is 10.1 Å². The topological polar surface area (TPSA) is 54.8 Å². The lowest BCUT2D eigenvalue weighted by Crippen LogP contribution is -2.21. The number of nitrogens with zero attached hydrogens (tertiary/aromatic N) is 3. The number of methoxy groups -OCH3 is 1. The molecule has 1 aliphatic heterocycles. The highest BCUT2D eigenvalue weighted by molar-refractivity contribution is 6.14. The summed E-state index contributed by atoms with van der Waals surface area (Å²) >= 11 is 0. The minimum atomic E-state index is -0.145. The molecule has 0 aliphatic carbocycles. The molecule has 0 saturated carbocycles. The van der Waals surface area contributed by atoms with Gasteiger partial charge in [0, 0.05) is 13.3 Å². The quantitative estimate of drug-likeness (QED) is 0.795. The van der Waals surface area contributed by atoms with Crippen molar-refractivity contribution in [3.05, 3.63) is 23.9 Å². The maximum absolute atomic E-state index is 11.8. The molecule has 0 saturated heterocycles. The summed E-state index contributed by atoms with van der Waals surface area (Å²) in [6, 6.07) is 3.72. The lowest BCUT2D eigenvalue weighted by Gasteiger charge is -2.10. The molecule has 17 heavy (non-hydrogen) atoms. The van der Waals surface area contributed by atoms with Crippen LogP contribution < -0.4 is 5.01 Å². The van der Waals surface area contributed by atoms with Gasteiger partial charge in [-0.15, -0.1) is 0 Å². The second-order valence-electron chi connectivity index (χ2n) is 4.04. The molecular formula is C12H15N3O2. The van der Waals surface area contributed by atoms with Gasteiger partial charge in [0.1, 0.15) is 0 Å². The number of carbonyl (C=O) groups excluding carboxylic acids is 1. The van der Waals surface area contributed by atoms with Gasteiger partial charge in [0.2, 0.25) is 0 Å². The van der Waals surface area contributed by atoms with Crippen LogP contribution in [0.3, 0.4) is 0 Å². The van der Waals surface area contributed by atoms with Crippen LogP contribution in [0, 0.1) is 6.92 Å². The zero-order chi connectivity index (χ0) is 12.4. The van der Waals surface area contributed by atoms with E-state index in [1.807, 2.05) is 26.0 Å². The lowest BCUT2D eigenvalue weighted by molar-refractivity contribution is -0.117. The molecular weight excluding hydrogens is 218 g/mol. The van der Waals surface area contributed by atoms with Crippen LogP contribution in [0.4, 0.5) is 5.82 Å². The highest BCUT2D eigenvalue weighted by Gasteiger charge is 2.28. The summed E-state index contributed by atoms with van der Waals surface area (Å²) in [5.74, 6) is 0.496. The van der Waals surface area contributed by atoms with Crippen molar-refractivity contribution in [3.63, 3.8) is 0 Å². The van der Waals surface area contributed by atoms with E-state index < -0.39 is 0 Å². The first-order valence-corrected chi connectivity index (χ1v) is 5.47. The standard InChI is InChI=1S/C12H15N3O2/c1-8-4-5-13-11(6-8)15-12(16)7-10(14-15)9(2)17-3/h4-6,9H,7H2,1-3H3. The van der Waals surface area contributed by atoms with Crippen molar-refractivity contribution in [1.82, 2.24) is 4.98 Å². The number of amides is 1. The van der Waals surface area contributed by atoms with Gasteiger partial charge < -0.3 is 4.74 Å². The summed E-state index contributed by atoms with van der Waals surface area (Å²) in [6.07, 6.45) is 1.82. The molecule has 0 N–H and O–H groups in total. The lowest BCUT2D eigenvalue weighted by atomic mass is 10.2. The number of rotatable bonds is 3. The monoisotopic (exact) mass is 233 g/mol. The van der Waals surface area contributed by atoms with Crippen LogP contribution >= 0.6 is 0 Å².